The van der Waals surface area contributed by atoms with E-state index in [-0.39, 0.29) is 11.3 Å². The molecule has 19 heavy (non-hydrogen) atoms. The Bertz CT molecular complexity index is 627. The van der Waals surface area contributed by atoms with Crippen LogP contribution < -0.4 is 0 Å². The molecule has 7 nitrogen and oxygen atoms in total. The van der Waals surface area contributed by atoms with E-state index in [2.05, 4.69) is 15.9 Å². The minimum atomic E-state index is -4.00. The summed E-state index contributed by atoms with van der Waals surface area (Å²) >= 11 is 3.05. The average molecular weight is 352 g/mol. The van der Waals surface area contributed by atoms with Crippen molar-refractivity contribution in [2.24, 2.45) is 0 Å². The first-order chi connectivity index (χ1) is 8.65. The maximum absolute atomic E-state index is 11.8. The lowest BCUT2D eigenvalue weighted by Gasteiger charge is -2.09. The summed E-state index contributed by atoms with van der Waals surface area (Å²) in [5.74, 6) is -2.18. The third-order valence-corrected chi connectivity index (χ3v) is 4.97. The smallest absolute Gasteiger partial charge is 0.321 e. The van der Waals surface area contributed by atoms with Gasteiger partial charge in [-0.1, -0.05) is 22.0 Å². The van der Waals surface area contributed by atoms with Gasteiger partial charge in [0, 0.05) is 16.1 Å². The van der Waals surface area contributed by atoms with Gasteiger partial charge in [-0.25, -0.2) is 8.42 Å². The fourth-order valence-corrected chi connectivity index (χ4v) is 2.91. The summed E-state index contributed by atoms with van der Waals surface area (Å²) in [6.45, 7) is 1.03. The lowest BCUT2D eigenvalue weighted by molar-refractivity contribution is -0.385. The molecule has 1 aromatic carbocycles. The second-order valence-electron chi connectivity index (χ2n) is 3.82. The highest BCUT2D eigenvalue weighted by atomic mass is 79.9. The summed E-state index contributed by atoms with van der Waals surface area (Å²) < 4.78 is 24.0. The van der Waals surface area contributed by atoms with Crippen molar-refractivity contribution in [3.05, 3.63) is 38.3 Å². The number of hydrogen-bond donors (Lipinski definition) is 1. The summed E-state index contributed by atoms with van der Waals surface area (Å²) in [7, 11) is -4.00. The predicted molar refractivity (Wildman–Crippen MR) is 70.5 cm³/mol. The molecule has 0 aliphatic heterocycles. The van der Waals surface area contributed by atoms with Crippen molar-refractivity contribution in [1.29, 1.82) is 0 Å². The fourth-order valence-electron chi connectivity index (χ4n) is 1.32. The average Bonchev–Trinajstić information content (AvgIpc) is 2.29. The number of rotatable bonds is 5. The number of nitrogens with zero attached hydrogens (tertiary/aromatic N) is 1. The maximum Gasteiger partial charge on any atom is 0.321 e. The van der Waals surface area contributed by atoms with Gasteiger partial charge in [0.25, 0.3) is 5.69 Å². The van der Waals surface area contributed by atoms with Crippen molar-refractivity contribution < 1.29 is 23.2 Å². The molecule has 0 saturated heterocycles. The standard InChI is InChI=1S/C10H10BrNO6S/c1-6(10(13)14)19(17,18)5-7-2-3-8(11)4-9(7)12(15)16/h2-4,6H,5H2,1H3,(H,13,14). The van der Waals surface area contributed by atoms with Crippen molar-refractivity contribution in [3.63, 3.8) is 0 Å². The number of carbonyl (C=O) groups is 1. The minimum absolute atomic E-state index is 0.0405. The van der Waals surface area contributed by atoms with Gasteiger partial charge in [-0.05, 0) is 13.0 Å². The van der Waals surface area contributed by atoms with E-state index < -0.39 is 31.7 Å². The zero-order chi connectivity index (χ0) is 14.8. The maximum atomic E-state index is 11.8. The second kappa shape index (κ2) is 5.66. The molecule has 0 heterocycles. The number of nitro benzene ring substituents is 1. The van der Waals surface area contributed by atoms with Gasteiger partial charge >= 0.3 is 5.97 Å². The summed E-state index contributed by atoms with van der Waals surface area (Å²) in [5.41, 5.74) is -0.406. The third-order valence-electron chi connectivity index (χ3n) is 2.49. The number of carboxylic acids is 1. The highest BCUT2D eigenvalue weighted by molar-refractivity contribution is 9.10. The highest BCUT2D eigenvalue weighted by Gasteiger charge is 2.30. The number of benzene rings is 1. The molecule has 1 rings (SSSR count). The van der Waals surface area contributed by atoms with Gasteiger partial charge in [0.1, 0.15) is 0 Å². The number of aliphatic carboxylic acids is 1. The first kappa shape index (κ1) is 15.6. The molecule has 104 valence electrons. The monoisotopic (exact) mass is 351 g/mol. The van der Waals surface area contributed by atoms with Crippen LogP contribution in [0.3, 0.4) is 0 Å². The van der Waals surface area contributed by atoms with Gasteiger partial charge in [-0.15, -0.1) is 0 Å². The molecule has 0 radical (unpaired) electrons. The van der Waals surface area contributed by atoms with Crippen LogP contribution in [0, 0.1) is 10.1 Å². The summed E-state index contributed by atoms with van der Waals surface area (Å²) in [6.07, 6.45) is 0. The van der Waals surface area contributed by atoms with E-state index in [1.165, 1.54) is 18.2 Å². The zero-order valence-electron chi connectivity index (χ0n) is 9.74. The quantitative estimate of drug-likeness (QED) is 0.638. The Morgan fingerprint density at radius 3 is 2.58 bits per heavy atom. The molecule has 0 aliphatic rings. The molecule has 1 aromatic rings. The number of halogens is 1. The molecule has 0 amide bonds. The van der Waals surface area contributed by atoms with Gasteiger partial charge in [0.15, 0.2) is 15.1 Å². The molecule has 0 bridgehead atoms. The lowest BCUT2D eigenvalue weighted by atomic mass is 10.2. The van der Waals surface area contributed by atoms with Crippen LogP contribution in [-0.2, 0) is 20.4 Å². The molecular weight excluding hydrogens is 342 g/mol. The lowest BCUT2D eigenvalue weighted by Crippen LogP contribution is -2.28. The van der Waals surface area contributed by atoms with Crippen LogP contribution in [-0.4, -0.2) is 29.7 Å². The van der Waals surface area contributed by atoms with E-state index in [0.717, 1.165) is 6.92 Å². The topological polar surface area (TPSA) is 115 Å². The highest BCUT2D eigenvalue weighted by Crippen LogP contribution is 2.26. The Kier molecular flexibility index (Phi) is 4.64. The van der Waals surface area contributed by atoms with E-state index in [4.69, 9.17) is 5.11 Å². The molecule has 1 N–H and O–H groups in total. The molecule has 1 unspecified atom stereocenters. The summed E-state index contributed by atoms with van der Waals surface area (Å²) in [5, 5.41) is 17.9. The van der Waals surface area contributed by atoms with Gasteiger partial charge in [-0.2, -0.15) is 0 Å². The largest absolute Gasteiger partial charge is 0.480 e. The zero-order valence-corrected chi connectivity index (χ0v) is 12.1. The Balaban J connectivity index is 3.20. The molecule has 0 fully saturated rings. The van der Waals surface area contributed by atoms with Crippen LogP contribution in [0.15, 0.2) is 22.7 Å². The number of hydrogen-bond acceptors (Lipinski definition) is 5. The van der Waals surface area contributed by atoms with E-state index in [0.29, 0.717) is 4.47 Å². The minimum Gasteiger partial charge on any atom is -0.480 e. The molecule has 0 aliphatic carbocycles. The molecule has 0 spiro atoms. The van der Waals surface area contributed by atoms with Gasteiger partial charge < -0.3 is 5.11 Å². The third kappa shape index (κ3) is 3.74. The summed E-state index contributed by atoms with van der Waals surface area (Å²) in [4.78, 5) is 20.8. The number of carboxylic acid groups (broad SMARTS) is 1. The van der Waals surface area contributed by atoms with Gasteiger partial charge in [0.05, 0.1) is 10.7 Å². The van der Waals surface area contributed by atoms with Crippen LogP contribution >= 0.6 is 15.9 Å². The molecule has 0 saturated carbocycles. The molecule has 9 heteroatoms. The van der Waals surface area contributed by atoms with E-state index in [1.807, 2.05) is 0 Å². The Labute approximate surface area is 117 Å². The second-order valence-corrected chi connectivity index (χ2v) is 7.05. The first-order valence-electron chi connectivity index (χ1n) is 5.02. The van der Waals surface area contributed by atoms with Crippen molar-refractivity contribution in [1.82, 2.24) is 0 Å². The normalized spacial score (nSPS) is 12.9. The van der Waals surface area contributed by atoms with E-state index in [9.17, 15) is 23.3 Å². The molecular formula is C10H10BrNO6S. The van der Waals surface area contributed by atoms with Gasteiger partial charge in [0.2, 0.25) is 0 Å². The van der Waals surface area contributed by atoms with Gasteiger partial charge in [-0.3, -0.25) is 14.9 Å². The Morgan fingerprint density at radius 1 is 1.53 bits per heavy atom. The van der Waals surface area contributed by atoms with Crippen molar-refractivity contribution in [3.8, 4) is 0 Å². The van der Waals surface area contributed by atoms with Crippen LogP contribution in [0.4, 0.5) is 5.69 Å². The number of nitro groups is 1. The first-order valence-corrected chi connectivity index (χ1v) is 7.53. The number of sulfone groups is 1. The van der Waals surface area contributed by atoms with Crippen LogP contribution in [0.25, 0.3) is 0 Å². The summed E-state index contributed by atoms with van der Waals surface area (Å²) in [6, 6.07) is 3.92. The SMILES string of the molecule is CC(C(=O)O)S(=O)(=O)Cc1ccc(Br)cc1[N+](=O)[O-]. The van der Waals surface area contributed by atoms with E-state index >= 15 is 0 Å². The van der Waals surface area contributed by atoms with Crippen LogP contribution in [0.1, 0.15) is 12.5 Å². The molecule has 1 atom stereocenters. The van der Waals surface area contributed by atoms with Crippen molar-refractivity contribution >= 4 is 37.4 Å². The van der Waals surface area contributed by atoms with Crippen LogP contribution in [0.5, 0.6) is 0 Å². The predicted octanol–water partition coefficient (Wildman–Crippen LogP) is 1.75. The van der Waals surface area contributed by atoms with Crippen molar-refractivity contribution in [2.45, 2.75) is 17.9 Å². The molecule has 0 aromatic heterocycles. The van der Waals surface area contributed by atoms with E-state index in [1.54, 1.807) is 0 Å². The Hall–Kier alpha value is -1.48. The van der Waals surface area contributed by atoms with Crippen molar-refractivity contribution in [2.75, 3.05) is 0 Å². The fraction of sp³-hybridized carbons (Fsp3) is 0.300. The van der Waals surface area contributed by atoms with Crippen LogP contribution in [0.2, 0.25) is 0 Å². The Morgan fingerprint density at radius 2 is 2.11 bits per heavy atom.